The first kappa shape index (κ1) is 26.2. The SMILES string of the molecule is CC(C)(c1ccccc1)c1ccc(N(c2ccc(C=O)cc2)c2ccc(C(C)(C)c3ccccc3)cc2)cc1. The molecule has 0 saturated carbocycles. The van der Waals surface area contributed by atoms with Crippen LogP contribution in [0.4, 0.5) is 17.1 Å². The number of aldehydes is 1. The first-order valence-electron chi connectivity index (χ1n) is 13.5. The van der Waals surface area contributed by atoms with E-state index in [0.29, 0.717) is 5.56 Å². The van der Waals surface area contributed by atoms with Gasteiger partial charge >= 0.3 is 0 Å². The van der Waals surface area contributed by atoms with E-state index in [-0.39, 0.29) is 10.8 Å². The molecule has 5 aromatic carbocycles. The summed E-state index contributed by atoms with van der Waals surface area (Å²) in [5.41, 5.74) is 8.67. The molecule has 0 aromatic heterocycles. The van der Waals surface area contributed by atoms with Gasteiger partial charge in [-0.2, -0.15) is 0 Å². The number of hydrogen-bond acceptors (Lipinski definition) is 2. The smallest absolute Gasteiger partial charge is 0.150 e. The van der Waals surface area contributed by atoms with Crippen LogP contribution in [0.3, 0.4) is 0 Å². The van der Waals surface area contributed by atoms with Crippen molar-refractivity contribution in [2.45, 2.75) is 38.5 Å². The van der Waals surface area contributed by atoms with Gasteiger partial charge in [0.1, 0.15) is 6.29 Å². The molecule has 0 unspecified atom stereocenters. The molecular formula is C37H35NO. The number of hydrogen-bond donors (Lipinski definition) is 0. The van der Waals surface area contributed by atoms with Crippen molar-refractivity contribution in [1.29, 1.82) is 0 Å². The highest BCUT2D eigenvalue weighted by Crippen LogP contribution is 2.39. The highest BCUT2D eigenvalue weighted by atomic mass is 16.1. The summed E-state index contributed by atoms with van der Waals surface area (Å²) < 4.78 is 0. The van der Waals surface area contributed by atoms with Crippen molar-refractivity contribution in [3.05, 3.63) is 161 Å². The molecule has 2 heteroatoms. The summed E-state index contributed by atoms with van der Waals surface area (Å²) in [4.78, 5) is 13.6. The Balaban J connectivity index is 1.53. The van der Waals surface area contributed by atoms with Crippen molar-refractivity contribution in [2.24, 2.45) is 0 Å². The summed E-state index contributed by atoms with van der Waals surface area (Å²) in [5, 5.41) is 0. The van der Waals surface area contributed by atoms with Crippen molar-refractivity contribution >= 4 is 23.3 Å². The molecule has 39 heavy (non-hydrogen) atoms. The Morgan fingerprint density at radius 2 is 0.744 bits per heavy atom. The van der Waals surface area contributed by atoms with E-state index < -0.39 is 0 Å². The Morgan fingerprint density at radius 3 is 1.08 bits per heavy atom. The van der Waals surface area contributed by atoms with Crippen LogP contribution < -0.4 is 4.90 Å². The number of rotatable bonds is 8. The molecule has 5 aromatic rings. The third kappa shape index (κ3) is 5.28. The van der Waals surface area contributed by atoms with Crippen molar-refractivity contribution in [1.82, 2.24) is 0 Å². The molecule has 0 aliphatic rings. The van der Waals surface area contributed by atoms with Gasteiger partial charge in [-0.15, -0.1) is 0 Å². The topological polar surface area (TPSA) is 20.3 Å². The highest BCUT2D eigenvalue weighted by molar-refractivity contribution is 5.80. The predicted octanol–water partition coefficient (Wildman–Crippen LogP) is 9.62. The predicted molar refractivity (Wildman–Crippen MR) is 164 cm³/mol. The zero-order valence-electron chi connectivity index (χ0n) is 23.1. The van der Waals surface area contributed by atoms with Gasteiger partial charge in [-0.3, -0.25) is 4.79 Å². The maximum absolute atomic E-state index is 11.3. The lowest BCUT2D eigenvalue weighted by atomic mass is 9.78. The fourth-order valence-electron chi connectivity index (χ4n) is 5.25. The molecule has 0 saturated heterocycles. The number of carbonyl (C=O) groups is 1. The number of carbonyl (C=O) groups excluding carboxylic acids is 1. The molecule has 0 fully saturated rings. The Bertz CT molecular complexity index is 1420. The second-order valence-corrected chi connectivity index (χ2v) is 11.1. The normalized spacial score (nSPS) is 11.7. The lowest BCUT2D eigenvalue weighted by Crippen LogP contribution is -2.19. The van der Waals surface area contributed by atoms with Crippen LogP contribution in [0.25, 0.3) is 0 Å². The van der Waals surface area contributed by atoms with E-state index >= 15 is 0 Å². The summed E-state index contributed by atoms with van der Waals surface area (Å²) in [6, 6.07) is 46.7. The molecular weight excluding hydrogens is 474 g/mol. The molecule has 0 spiro atoms. The number of benzene rings is 5. The van der Waals surface area contributed by atoms with E-state index in [2.05, 4.69) is 142 Å². The van der Waals surface area contributed by atoms with Crippen LogP contribution in [0, 0.1) is 0 Å². The second kappa shape index (κ2) is 10.7. The summed E-state index contributed by atoms with van der Waals surface area (Å²) in [6.45, 7) is 9.06. The molecule has 5 rings (SSSR count). The fourth-order valence-corrected chi connectivity index (χ4v) is 5.25. The van der Waals surface area contributed by atoms with E-state index in [1.807, 2.05) is 24.3 Å². The van der Waals surface area contributed by atoms with Crippen molar-refractivity contribution in [2.75, 3.05) is 4.90 Å². The van der Waals surface area contributed by atoms with Crippen LogP contribution in [0.2, 0.25) is 0 Å². The Labute approximate surface area is 232 Å². The maximum Gasteiger partial charge on any atom is 0.150 e. The van der Waals surface area contributed by atoms with E-state index in [0.717, 1.165) is 23.3 Å². The van der Waals surface area contributed by atoms with Gasteiger partial charge in [-0.25, -0.2) is 0 Å². The van der Waals surface area contributed by atoms with Crippen LogP contribution in [0.15, 0.2) is 133 Å². The average molecular weight is 510 g/mol. The quantitative estimate of drug-likeness (QED) is 0.194. The van der Waals surface area contributed by atoms with Gasteiger partial charge in [-0.1, -0.05) is 113 Å². The van der Waals surface area contributed by atoms with Crippen LogP contribution in [0.5, 0.6) is 0 Å². The Hall–Kier alpha value is -4.43. The molecule has 0 radical (unpaired) electrons. The minimum Gasteiger partial charge on any atom is -0.311 e. The zero-order valence-corrected chi connectivity index (χ0v) is 23.1. The molecule has 0 amide bonds. The molecule has 0 bridgehead atoms. The molecule has 0 atom stereocenters. The van der Waals surface area contributed by atoms with Gasteiger partial charge in [0.25, 0.3) is 0 Å². The van der Waals surface area contributed by atoms with E-state index in [1.165, 1.54) is 22.3 Å². The number of nitrogens with zero attached hydrogens (tertiary/aromatic N) is 1. The largest absolute Gasteiger partial charge is 0.311 e. The van der Waals surface area contributed by atoms with Crippen molar-refractivity contribution in [3.63, 3.8) is 0 Å². The molecule has 194 valence electrons. The van der Waals surface area contributed by atoms with Crippen molar-refractivity contribution in [3.8, 4) is 0 Å². The summed E-state index contributed by atoms with van der Waals surface area (Å²) in [5.74, 6) is 0. The minimum absolute atomic E-state index is 0.110. The van der Waals surface area contributed by atoms with Gasteiger partial charge in [-0.05, 0) is 70.8 Å². The lowest BCUT2D eigenvalue weighted by Gasteiger charge is -2.30. The Kier molecular flexibility index (Phi) is 7.21. The van der Waals surface area contributed by atoms with Gasteiger partial charge in [0, 0.05) is 33.5 Å². The third-order valence-electron chi connectivity index (χ3n) is 7.97. The summed E-state index contributed by atoms with van der Waals surface area (Å²) in [6.07, 6.45) is 0.884. The third-order valence-corrected chi connectivity index (χ3v) is 7.97. The van der Waals surface area contributed by atoms with Gasteiger partial charge in [0.15, 0.2) is 0 Å². The Morgan fingerprint density at radius 1 is 0.436 bits per heavy atom. The van der Waals surface area contributed by atoms with Gasteiger partial charge < -0.3 is 4.90 Å². The first-order valence-corrected chi connectivity index (χ1v) is 13.5. The van der Waals surface area contributed by atoms with Gasteiger partial charge in [0.05, 0.1) is 0 Å². The zero-order chi connectivity index (χ0) is 27.5. The molecule has 0 aliphatic heterocycles. The molecule has 0 aliphatic carbocycles. The average Bonchev–Trinajstić information content (AvgIpc) is 2.99. The maximum atomic E-state index is 11.3. The fraction of sp³-hybridized carbons (Fsp3) is 0.162. The molecule has 2 nitrogen and oxygen atoms in total. The van der Waals surface area contributed by atoms with Crippen LogP contribution in [-0.4, -0.2) is 6.29 Å². The van der Waals surface area contributed by atoms with Gasteiger partial charge in [0.2, 0.25) is 0 Å². The standard InChI is InChI=1S/C37H35NO/c1-36(2,29-11-7-5-8-12-29)31-17-23-34(24-18-31)38(33-21-15-28(27-39)16-22-33)35-25-19-32(20-26-35)37(3,4)30-13-9-6-10-14-30/h5-27H,1-4H3. The first-order chi connectivity index (χ1) is 18.8. The number of anilines is 3. The molecule has 0 N–H and O–H groups in total. The highest BCUT2D eigenvalue weighted by Gasteiger charge is 2.25. The van der Waals surface area contributed by atoms with E-state index in [4.69, 9.17) is 0 Å². The van der Waals surface area contributed by atoms with Crippen LogP contribution >= 0.6 is 0 Å². The van der Waals surface area contributed by atoms with E-state index in [9.17, 15) is 4.79 Å². The van der Waals surface area contributed by atoms with Crippen molar-refractivity contribution < 1.29 is 4.79 Å². The summed E-state index contributed by atoms with van der Waals surface area (Å²) >= 11 is 0. The lowest BCUT2D eigenvalue weighted by molar-refractivity contribution is 0.112. The molecule has 0 heterocycles. The van der Waals surface area contributed by atoms with Crippen LogP contribution in [-0.2, 0) is 10.8 Å². The van der Waals surface area contributed by atoms with E-state index in [1.54, 1.807) is 0 Å². The minimum atomic E-state index is -0.110. The monoisotopic (exact) mass is 509 g/mol. The second-order valence-electron chi connectivity index (χ2n) is 11.1. The van der Waals surface area contributed by atoms with Crippen LogP contribution in [0.1, 0.15) is 60.3 Å². The summed E-state index contributed by atoms with van der Waals surface area (Å²) in [7, 11) is 0.